The highest BCUT2D eigenvalue weighted by Gasteiger charge is 2.46. The molecule has 0 heteroatoms. The normalized spacial score (nSPS) is 40.5. The van der Waals surface area contributed by atoms with Crippen molar-refractivity contribution in [2.24, 2.45) is 22.7 Å². The molecule has 0 N–H and O–H groups in total. The molecule has 0 heterocycles. The van der Waals surface area contributed by atoms with Crippen LogP contribution in [0.25, 0.3) is 0 Å². The van der Waals surface area contributed by atoms with Gasteiger partial charge in [0.2, 0.25) is 0 Å². The van der Waals surface area contributed by atoms with Gasteiger partial charge in [-0.2, -0.15) is 0 Å². The second-order valence-electron chi connectivity index (χ2n) is 8.65. The summed E-state index contributed by atoms with van der Waals surface area (Å²) in [7, 11) is 0. The Balaban J connectivity index is 2.01. The minimum Gasteiger partial charge on any atom is -0.0853 e. The smallest absolute Gasteiger partial charge is 0.0114 e. The predicted molar refractivity (Wildman–Crippen MR) is 87.6 cm³/mol. The molecule has 1 fully saturated rings. The third-order valence-electron chi connectivity index (χ3n) is 7.22. The van der Waals surface area contributed by atoms with E-state index in [1.807, 2.05) is 5.57 Å². The summed E-state index contributed by atoms with van der Waals surface area (Å²) in [5, 5.41) is 0. The lowest BCUT2D eigenvalue weighted by atomic mass is 9.53. The second kappa shape index (κ2) is 4.75. The lowest BCUT2D eigenvalue weighted by molar-refractivity contribution is 0.0802. The molecule has 0 saturated heterocycles. The molecule has 3 aliphatic rings. The summed E-state index contributed by atoms with van der Waals surface area (Å²) < 4.78 is 0. The lowest BCUT2D eigenvalue weighted by Crippen LogP contribution is -2.41. The van der Waals surface area contributed by atoms with Crippen LogP contribution in [0.2, 0.25) is 0 Å². The number of fused-ring (bicyclic) bond motifs is 3. The molecule has 0 aliphatic heterocycles. The van der Waals surface area contributed by atoms with E-state index < -0.39 is 0 Å². The van der Waals surface area contributed by atoms with Gasteiger partial charge in [0.25, 0.3) is 0 Å². The van der Waals surface area contributed by atoms with Gasteiger partial charge in [-0.3, -0.25) is 0 Å². The molecule has 1 saturated carbocycles. The van der Waals surface area contributed by atoms with Gasteiger partial charge >= 0.3 is 0 Å². The average Bonchev–Trinajstić information content (AvgIpc) is 2.35. The van der Waals surface area contributed by atoms with E-state index in [0.717, 1.165) is 11.8 Å². The van der Waals surface area contributed by atoms with Gasteiger partial charge < -0.3 is 0 Å². The van der Waals surface area contributed by atoms with Crippen LogP contribution in [0.15, 0.2) is 22.8 Å². The monoisotopic (exact) mass is 272 g/mol. The van der Waals surface area contributed by atoms with E-state index in [-0.39, 0.29) is 0 Å². The minimum atomic E-state index is 0.446. The fourth-order valence-corrected chi connectivity index (χ4v) is 5.61. The summed E-state index contributed by atoms with van der Waals surface area (Å²) in [5.74, 6) is 1.74. The van der Waals surface area contributed by atoms with E-state index in [2.05, 4.69) is 40.7 Å². The van der Waals surface area contributed by atoms with Gasteiger partial charge in [0.15, 0.2) is 0 Å². The van der Waals surface area contributed by atoms with E-state index in [4.69, 9.17) is 0 Å². The van der Waals surface area contributed by atoms with E-state index in [9.17, 15) is 0 Å². The Bertz CT molecular complexity index is 462. The van der Waals surface area contributed by atoms with E-state index >= 15 is 0 Å². The Morgan fingerprint density at radius 1 is 1.05 bits per heavy atom. The third-order valence-corrected chi connectivity index (χ3v) is 7.22. The van der Waals surface area contributed by atoms with Crippen LogP contribution in [0.3, 0.4) is 0 Å². The highest BCUT2D eigenvalue weighted by Crippen LogP contribution is 2.57. The van der Waals surface area contributed by atoms with Crippen LogP contribution in [0.4, 0.5) is 0 Å². The summed E-state index contributed by atoms with van der Waals surface area (Å²) in [6, 6.07) is 0. The van der Waals surface area contributed by atoms with Crippen LogP contribution < -0.4 is 0 Å². The van der Waals surface area contributed by atoms with Crippen molar-refractivity contribution >= 4 is 0 Å². The van der Waals surface area contributed by atoms with Crippen molar-refractivity contribution in [1.29, 1.82) is 0 Å². The summed E-state index contributed by atoms with van der Waals surface area (Å²) >= 11 is 0. The maximum Gasteiger partial charge on any atom is -0.0114 e. The van der Waals surface area contributed by atoms with Crippen molar-refractivity contribution in [3.8, 4) is 0 Å². The standard InChI is InChI=1S/C20H32/c1-14-7-6-11-20(5)12-10-17-15(2)8-9-16(13-18(14)20)19(17,3)4/h7,16,18H,6,8-13H2,1-5H3. The molecule has 20 heavy (non-hydrogen) atoms. The van der Waals surface area contributed by atoms with E-state index in [0.29, 0.717) is 10.8 Å². The van der Waals surface area contributed by atoms with Gasteiger partial charge in [-0.25, -0.2) is 0 Å². The average molecular weight is 272 g/mol. The Labute approximate surface area is 125 Å². The van der Waals surface area contributed by atoms with Crippen LogP contribution in [-0.4, -0.2) is 0 Å². The zero-order chi connectivity index (χ0) is 14.5. The molecule has 0 aromatic heterocycles. The number of hydrogen-bond acceptors (Lipinski definition) is 0. The number of hydrogen-bond donors (Lipinski definition) is 0. The zero-order valence-electron chi connectivity index (χ0n) is 14.2. The summed E-state index contributed by atoms with van der Waals surface area (Å²) in [4.78, 5) is 0. The molecule has 3 aliphatic carbocycles. The quantitative estimate of drug-likeness (QED) is 0.455. The molecular formula is C20H32. The Hall–Kier alpha value is -0.520. The van der Waals surface area contributed by atoms with Gasteiger partial charge in [0.05, 0.1) is 0 Å². The Morgan fingerprint density at radius 2 is 1.80 bits per heavy atom. The molecule has 0 aromatic rings. The lowest BCUT2D eigenvalue weighted by Gasteiger charge is -2.52. The predicted octanol–water partition coefficient (Wildman–Crippen LogP) is 6.29. The van der Waals surface area contributed by atoms with Gasteiger partial charge in [-0.05, 0) is 81.5 Å². The Kier molecular flexibility index (Phi) is 3.42. The molecule has 0 aromatic carbocycles. The molecule has 0 radical (unpaired) electrons. The van der Waals surface area contributed by atoms with Crippen molar-refractivity contribution in [2.75, 3.05) is 0 Å². The van der Waals surface area contributed by atoms with Gasteiger partial charge in [0.1, 0.15) is 0 Å². The topological polar surface area (TPSA) is 0 Å². The molecule has 0 spiro atoms. The van der Waals surface area contributed by atoms with Crippen LogP contribution in [0.5, 0.6) is 0 Å². The fraction of sp³-hybridized carbons (Fsp3) is 0.800. The van der Waals surface area contributed by atoms with Crippen LogP contribution >= 0.6 is 0 Å². The largest absolute Gasteiger partial charge is 0.0853 e. The molecule has 3 rings (SSSR count). The van der Waals surface area contributed by atoms with Crippen LogP contribution in [-0.2, 0) is 0 Å². The van der Waals surface area contributed by atoms with Crippen LogP contribution in [0.1, 0.15) is 79.6 Å². The van der Waals surface area contributed by atoms with Crippen molar-refractivity contribution in [2.45, 2.75) is 79.6 Å². The van der Waals surface area contributed by atoms with E-state index in [1.165, 1.54) is 44.9 Å². The maximum atomic E-state index is 2.58. The van der Waals surface area contributed by atoms with E-state index in [1.54, 1.807) is 11.1 Å². The van der Waals surface area contributed by atoms with Gasteiger partial charge in [0, 0.05) is 0 Å². The first-order valence-corrected chi connectivity index (χ1v) is 8.70. The minimum absolute atomic E-state index is 0.446. The highest BCUT2D eigenvalue weighted by atomic mass is 14.5. The summed E-state index contributed by atoms with van der Waals surface area (Å²) in [5.41, 5.74) is 6.25. The van der Waals surface area contributed by atoms with Gasteiger partial charge in [-0.15, -0.1) is 0 Å². The molecule has 112 valence electrons. The molecule has 2 bridgehead atoms. The zero-order valence-corrected chi connectivity index (χ0v) is 14.2. The molecule has 0 nitrogen and oxygen atoms in total. The highest BCUT2D eigenvalue weighted by molar-refractivity contribution is 5.27. The van der Waals surface area contributed by atoms with Crippen LogP contribution in [0, 0.1) is 22.7 Å². The van der Waals surface area contributed by atoms with Crippen molar-refractivity contribution in [3.63, 3.8) is 0 Å². The summed E-state index contributed by atoms with van der Waals surface area (Å²) in [6.45, 7) is 12.4. The maximum absolute atomic E-state index is 2.58. The number of allylic oxidation sites excluding steroid dienone is 4. The van der Waals surface area contributed by atoms with Crippen molar-refractivity contribution < 1.29 is 0 Å². The first-order chi connectivity index (χ1) is 9.34. The van der Waals surface area contributed by atoms with Crippen molar-refractivity contribution in [3.05, 3.63) is 22.8 Å². The summed E-state index contributed by atoms with van der Waals surface area (Å²) in [6.07, 6.45) is 12.2. The van der Waals surface area contributed by atoms with Gasteiger partial charge in [-0.1, -0.05) is 43.6 Å². The first kappa shape index (κ1) is 14.4. The molecule has 0 amide bonds. The molecule has 3 unspecified atom stereocenters. The fourth-order valence-electron chi connectivity index (χ4n) is 5.61. The molecule has 3 atom stereocenters. The third kappa shape index (κ3) is 2.11. The molecular weight excluding hydrogens is 240 g/mol. The number of rotatable bonds is 0. The second-order valence-corrected chi connectivity index (χ2v) is 8.65. The SMILES string of the molecule is CC1=CCCC2(C)CCC3=C(C)CCC(CC12)C3(C)C. The Morgan fingerprint density at radius 3 is 2.55 bits per heavy atom. The first-order valence-electron chi connectivity index (χ1n) is 8.70. The van der Waals surface area contributed by atoms with Crippen molar-refractivity contribution in [1.82, 2.24) is 0 Å².